The molecule has 0 saturated heterocycles. The molecule has 0 unspecified atom stereocenters. The van der Waals surface area contributed by atoms with Crippen LogP contribution >= 0.6 is 15.9 Å². The number of carbonyl (C=O) groups excluding carboxylic acids is 2. The normalized spacial score (nSPS) is 10.8. The fourth-order valence-electron chi connectivity index (χ4n) is 2.34. The number of carbonyl (C=O) groups is 2. The number of halogens is 1. The molecule has 1 aromatic carbocycles. The van der Waals surface area contributed by atoms with E-state index >= 15 is 0 Å². The summed E-state index contributed by atoms with van der Waals surface area (Å²) in [5, 5.41) is 0. The van der Waals surface area contributed by atoms with E-state index in [-0.39, 0.29) is 24.9 Å². The van der Waals surface area contributed by atoms with Gasteiger partial charge in [0.05, 0.1) is 19.6 Å². The van der Waals surface area contributed by atoms with Gasteiger partial charge < -0.3 is 14.2 Å². The van der Waals surface area contributed by atoms with Crippen molar-refractivity contribution in [1.82, 2.24) is 14.7 Å². The molecule has 2 aromatic rings. The van der Waals surface area contributed by atoms with Crippen LogP contribution < -0.4 is 0 Å². The second kappa shape index (κ2) is 9.00. The van der Waals surface area contributed by atoms with Crippen molar-refractivity contribution >= 4 is 27.7 Å². The van der Waals surface area contributed by atoms with Crippen LogP contribution in [-0.2, 0) is 16.1 Å². The fourth-order valence-corrected chi connectivity index (χ4v) is 2.60. The van der Waals surface area contributed by atoms with Crippen LogP contribution in [0.5, 0.6) is 0 Å². The van der Waals surface area contributed by atoms with E-state index in [9.17, 15) is 9.59 Å². The molecule has 0 aliphatic rings. The van der Waals surface area contributed by atoms with Crippen LogP contribution in [0.25, 0.3) is 11.3 Å². The minimum atomic E-state index is -0.109. The number of rotatable bonds is 7. The molecule has 7 heteroatoms. The lowest BCUT2D eigenvalue weighted by Gasteiger charge is -2.22. The number of hydrogen-bond donors (Lipinski definition) is 0. The third kappa shape index (κ3) is 5.71. The summed E-state index contributed by atoms with van der Waals surface area (Å²) in [6.07, 6.45) is 0. The summed E-state index contributed by atoms with van der Waals surface area (Å²) in [4.78, 5) is 28.7. The van der Waals surface area contributed by atoms with Gasteiger partial charge in [0.1, 0.15) is 11.5 Å². The maximum Gasteiger partial charge on any atom is 0.241 e. The van der Waals surface area contributed by atoms with Crippen molar-refractivity contribution in [2.45, 2.75) is 6.54 Å². The molecule has 0 saturated carbocycles. The lowest BCUT2D eigenvalue weighted by atomic mass is 10.2. The molecule has 0 bridgehead atoms. The zero-order valence-corrected chi connectivity index (χ0v) is 17.1. The fraction of sp³-hybridized carbons (Fsp3) is 0.368. The van der Waals surface area contributed by atoms with Gasteiger partial charge in [-0.05, 0) is 31.3 Å². The van der Waals surface area contributed by atoms with Gasteiger partial charge in [0.2, 0.25) is 11.8 Å². The van der Waals surface area contributed by atoms with E-state index in [2.05, 4.69) is 15.9 Å². The third-order valence-corrected chi connectivity index (χ3v) is 4.45. The monoisotopic (exact) mass is 421 g/mol. The summed E-state index contributed by atoms with van der Waals surface area (Å²) >= 11 is 3.42. The molecule has 1 heterocycles. The van der Waals surface area contributed by atoms with E-state index in [0.717, 1.165) is 21.6 Å². The molecule has 0 N–H and O–H groups in total. The number of likely N-dealkylation sites (N-methyl/N-ethyl adjacent to an activating group) is 3. The maximum absolute atomic E-state index is 12.2. The second-order valence-corrected chi connectivity index (χ2v) is 7.40. The van der Waals surface area contributed by atoms with Crippen LogP contribution in [0.1, 0.15) is 5.76 Å². The summed E-state index contributed by atoms with van der Waals surface area (Å²) in [5.41, 5.74) is 1.00. The largest absolute Gasteiger partial charge is 0.460 e. The summed E-state index contributed by atoms with van der Waals surface area (Å²) in [6.45, 7) is 0.803. The lowest BCUT2D eigenvalue weighted by molar-refractivity contribution is -0.138. The van der Waals surface area contributed by atoms with Gasteiger partial charge in [-0.25, -0.2) is 0 Å². The molecule has 2 amide bonds. The molecular weight excluding hydrogens is 398 g/mol. The summed E-state index contributed by atoms with van der Waals surface area (Å²) in [5.74, 6) is 1.36. The summed E-state index contributed by atoms with van der Waals surface area (Å²) in [7, 11) is 6.83. The average Bonchev–Trinajstić information content (AvgIpc) is 3.03. The van der Waals surface area contributed by atoms with Crippen LogP contribution in [0, 0.1) is 0 Å². The van der Waals surface area contributed by atoms with Gasteiger partial charge >= 0.3 is 0 Å². The molecule has 6 nitrogen and oxygen atoms in total. The second-order valence-electron chi connectivity index (χ2n) is 6.48. The molecule has 0 fully saturated rings. The third-order valence-electron chi connectivity index (χ3n) is 3.92. The van der Waals surface area contributed by atoms with Crippen LogP contribution in [0.15, 0.2) is 45.3 Å². The van der Waals surface area contributed by atoms with Gasteiger partial charge in [-0.15, -0.1) is 0 Å². The van der Waals surface area contributed by atoms with Crippen molar-refractivity contribution in [1.29, 1.82) is 0 Å². The van der Waals surface area contributed by atoms with E-state index in [1.807, 2.05) is 48.3 Å². The highest BCUT2D eigenvalue weighted by Crippen LogP contribution is 2.24. The van der Waals surface area contributed by atoms with E-state index < -0.39 is 0 Å². The summed E-state index contributed by atoms with van der Waals surface area (Å²) < 4.78 is 6.89. The Morgan fingerprint density at radius 3 is 2.19 bits per heavy atom. The number of furan rings is 1. The minimum Gasteiger partial charge on any atom is -0.460 e. The highest BCUT2D eigenvalue weighted by Gasteiger charge is 2.16. The highest BCUT2D eigenvalue weighted by molar-refractivity contribution is 9.10. The molecule has 26 heavy (non-hydrogen) atoms. The van der Waals surface area contributed by atoms with Crippen LogP contribution in [0.4, 0.5) is 0 Å². The van der Waals surface area contributed by atoms with Crippen molar-refractivity contribution in [3.8, 4) is 11.3 Å². The predicted molar refractivity (Wildman–Crippen MR) is 105 cm³/mol. The van der Waals surface area contributed by atoms with E-state index in [0.29, 0.717) is 6.54 Å². The Hall–Kier alpha value is -2.12. The van der Waals surface area contributed by atoms with Crippen LogP contribution in [0.2, 0.25) is 0 Å². The lowest BCUT2D eigenvalue weighted by Crippen LogP contribution is -2.41. The first-order chi connectivity index (χ1) is 12.3. The zero-order valence-electron chi connectivity index (χ0n) is 15.5. The number of benzene rings is 1. The molecule has 0 atom stereocenters. The maximum atomic E-state index is 12.2. The quantitative estimate of drug-likeness (QED) is 0.689. The molecule has 2 rings (SSSR count). The van der Waals surface area contributed by atoms with E-state index in [1.165, 1.54) is 9.80 Å². The minimum absolute atomic E-state index is 0.0775. The van der Waals surface area contributed by atoms with E-state index in [1.54, 1.807) is 21.1 Å². The van der Waals surface area contributed by atoms with Crippen molar-refractivity contribution in [3.05, 3.63) is 46.6 Å². The Kier molecular flexibility index (Phi) is 6.99. The Bertz CT molecular complexity index is 756. The van der Waals surface area contributed by atoms with Crippen molar-refractivity contribution in [2.75, 3.05) is 41.3 Å². The Morgan fingerprint density at radius 2 is 1.58 bits per heavy atom. The standard InChI is InChI=1S/C19H24BrN3O3/c1-21(2)18(24)13-23(4)19(25)12-22(3)11-16-9-10-17(26-16)14-5-7-15(20)8-6-14/h5-10H,11-13H2,1-4H3. The molecular formula is C19H24BrN3O3. The molecule has 0 aliphatic heterocycles. The molecule has 140 valence electrons. The topological polar surface area (TPSA) is 57.0 Å². The Balaban J connectivity index is 1.89. The van der Waals surface area contributed by atoms with Gasteiger partial charge in [0.25, 0.3) is 0 Å². The van der Waals surface area contributed by atoms with Gasteiger partial charge in [0, 0.05) is 31.2 Å². The summed E-state index contributed by atoms with van der Waals surface area (Å²) in [6, 6.07) is 11.7. The molecule has 0 radical (unpaired) electrons. The smallest absolute Gasteiger partial charge is 0.241 e. The first-order valence-electron chi connectivity index (χ1n) is 8.23. The van der Waals surface area contributed by atoms with Gasteiger partial charge in [0.15, 0.2) is 0 Å². The van der Waals surface area contributed by atoms with Gasteiger partial charge in [-0.2, -0.15) is 0 Å². The van der Waals surface area contributed by atoms with Crippen LogP contribution in [-0.4, -0.2) is 67.8 Å². The predicted octanol–water partition coefficient (Wildman–Crippen LogP) is 2.69. The van der Waals surface area contributed by atoms with Gasteiger partial charge in [-0.1, -0.05) is 28.1 Å². The Labute approximate surface area is 162 Å². The van der Waals surface area contributed by atoms with Crippen molar-refractivity contribution < 1.29 is 14.0 Å². The van der Waals surface area contributed by atoms with Gasteiger partial charge in [-0.3, -0.25) is 14.5 Å². The number of hydrogen-bond acceptors (Lipinski definition) is 4. The molecule has 0 aliphatic carbocycles. The number of nitrogens with zero attached hydrogens (tertiary/aromatic N) is 3. The van der Waals surface area contributed by atoms with E-state index in [4.69, 9.17) is 4.42 Å². The van der Waals surface area contributed by atoms with Crippen molar-refractivity contribution in [2.24, 2.45) is 0 Å². The average molecular weight is 422 g/mol. The number of amides is 2. The van der Waals surface area contributed by atoms with Crippen molar-refractivity contribution in [3.63, 3.8) is 0 Å². The van der Waals surface area contributed by atoms with Crippen LogP contribution in [0.3, 0.4) is 0 Å². The first-order valence-corrected chi connectivity index (χ1v) is 9.03. The Morgan fingerprint density at radius 1 is 0.923 bits per heavy atom. The molecule has 0 spiro atoms. The molecule has 1 aromatic heterocycles. The zero-order chi connectivity index (χ0) is 19.3. The SMILES string of the molecule is CN(CC(=O)N(C)CC(=O)N(C)C)Cc1ccc(-c2ccc(Br)cc2)o1. The first kappa shape index (κ1) is 20.2. The highest BCUT2D eigenvalue weighted by atomic mass is 79.9.